The van der Waals surface area contributed by atoms with E-state index < -0.39 is 5.60 Å². The summed E-state index contributed by atoms with van der Waals surface area (Å²) in [6.45, 7) is 0. The van der Waals surface area contributed by atoms with E-state index in [9.17, 15) is 5.11 Å². The normalized spacial score (nSPS) is 26.2. The summed E-state index contributed by atoms with van der Waals surface area (Å²) in [7, 11) is 0. The molecule has 17 heavy (non-hydrogen) atoms. The first kappa shape index (κ1) is 11.1. The zero-order valence-corrected chi connectivity index (χ0v) is 10.2. The summed E-state index contributed by atoms with van der Waals surface area (Å²) < 4.78 is 0. The van der Waals surface area contributed by atoms with E-state index in [1.807, 2.05) is 0 Å². The SMILES string of the molecule is OC1(c2cncnc2)CCC2(CCCC2)CC1. The van der Waals surface area contributed by atoms with Gasteiger partial charge in [-0.05, 0) is 43.9 Å². The molecule has 3 rings (SSSR count). The highest BCUT2D eigenvalue weighted by molar-refractivity contribution is 5.16. The third-order valence-electron chi connectivity index (χ3n) is 4.90. The van der Waals surface area contributed by atoms with Gasteiger partial charge in [-0.15, -0.1) is 0 Å². The first-order chi connectivity index (χ1) is 8.23. The molecular weight excluding hydrogens is 212 g/mol. The fraction of sp³-hybridized carbons (Fsp3) is 0.714. The summed E-state index contributed by atoms with van der Waals surface area (Å²) in [5, 5.41) is 10.7. The summed E-state index contributed by atoms with van der Waals surface area (Å²) in [5.74, 6) is 0. The molecule has 1 heterocycles. The van der Waals surface area contributed by atoms with Crippen molar-refractivity contribution in [1.29, 1.82) is 0 Å². The standard InChI is InChI=1S/C14H20N2O/c17-14(12-9-15-11-16-10-12)7-5-13(6-8-14)3-1-2-4-13/h9-11,17H,1-8H2. The van der Waals surface area contributed by atoms with E-state index in [2.05, 4.69) is 9.97 Å². The second-order valence-corrected chi connectivity index (χ2v) is 5.87. The number of hydrogen-bond donors (Lipinski definition) is 1. The summed E-state index contributed by atoms with van der Waals surface area (Å²) in [6.07, 6.45) is 14.6. The third-order valence-corrected chi connectivity index (χ3v) is 4.90. The Morgan fingerprint density at radius 1 is 0.882 bits per heavy atom. The molecule has 3 heteroatoms. The van der Waals surface area contributed by atoms with Crippen LogP contribution in [0.3, 0.4) is 0 Å². The Balaban J connectivity index is 1.75. The van der Waals surface area contributed by atoms with Gasteiger partial charge >= 0.3 is 0 Å². The molecule has 92 valence electrons. The van der Waals surface area contributed by atoms with Crippen molar-refractivity contribution >= 4 is 0 Å². The van der Waals surface area contributed by atoms with Crippen LogP contribution in [0.2, 0.25) is 0 Å². The number of nitrogens with zero attached hydrogens (tertiary/aromatic N) is 2. The molecule has 2 saturated carbocycles. The maximum absolute atomic E-state index is 10.7. The van der Waals surface area contributed by atoms with Gasteiger partial charge in [-0.25, -0.2) is 9.97 Å². The van der Waals surface area contributed by atoms with Gasteiger partial charge in [0.15, 0.2) is 0 Å². The smallest absolute Gasteiger partial charge is 0.115 e. The fourth-order valence-corrected chi connectivity index (χ4v) is 3.65. The molecule has 3 nitrogen and oxygen atoms in total. The molecule has 1 N–H and O–H groups in total. The molecule has 1 aromatic heterocycles. The molecular formula is C14H20N2O. The van der Waals surface area contributed by atoms with E-state index in [0.29, 0.717) is 5.41 Å². The molecule has 0 amide bonds. The lowest BCUT2D eigenvalue weighted by Crippen LogP contribution is -2.36. The molecule has 2 aliphatic carbocycles. The van der Waals surface area contributed by atoms with E-state index in [4.69, 9.17) is 0 Å². The van der Waals surface area contributed by atoms with E-state index in [1.165, 1.54) is 44.9 Å². The molecule has 2 aliphatic rings. The lowest BCUT2D eigenvalue weighted by molar-refractivity contribution is -0.0381. The van der Waals surface area contributed by atoms with Crippen molar-refractivity contribution in [2.24, 2.45) is 5.41 Å². The highest BCUT2D eigenvalue weighted by Gasteiger charge is 2.43. The van der Waals surface area contributed by atoms with Crippen LogP contribution in [0, 0.1) is 5.41 Å². The first-order valence-electron chi connectivity index (χ1n) is 6.71. The van der Waals surface area contributed by atoms with E-state index >= 15 is 0 Å². The molecule has 1 aromatic rings. The van der Waals surface area contributed by atoms with Gasteiger partial charge in [0.1, 0.15) is 6.33 Å². The highest BCUT2D eigenvalue weighted by Crippen LogP contribution is 2.53. The van der Waals surface area contributed by atoms with Crippen LogP contribution in [-0.4, -0.2) is 15.1 Å². The second-order valence-electron chi connectivity index (χ2n) is 5.87. The first-order valence-corrected chi connectivity index (χ1v) is 6.71. The Labute approximate surface area is 102 Å². The monoisotopic (exact) mass is 232 g/mol. The van der Waals surface area contributed by atoms with E-state index in [-0.39, 0.29) is 0 Å². The summed E-state index contributed by atoms with van der Waals surface area (Å²) in [4.78, 5) is 8.05. The number of hydrogen-bond acceptors (Lipinski definition) is 3. The average Bonchev–Trinajstić information content (AvgIpc) is 2.84. The van der Waals surface area contributed by atoms with E-state index in [0.717, 1.165) is 18.4 Å². The lowest BCUT2D eigenvalue weighted by atomic mass is 9.66. The van der Waals surface area contributed by atoms with Gasteiger partial charge < -0.3 is 5.11 Å². The predicted octanol–water partition coefficient (Wildman–Crippen LogP) is 2.80. The van der Waals surface area contributed by atoms with Crippen molar-refractivity contribution in [3.05, 3.63) is 24.3 Å². The quantitative estimate of drug-likeness (QED) is 0.809. The second kappa shape index (κ2) is 4.05. The molecule has 0 aliphatic heterocycles. The molecule has 1 spiro atoms. The van der Waals surface area contributed by atoms with Crippen LogP contribution in [-0.2, 0) is 5.60 Å². The van der Waals surface area contributed by atoms with Crippen LogP contribution in [0.4, 0.5) is 0 Å². The van der Waals surface area contributed by atoms with Crippen LogP contribution in [0.25, 0.3) is 0 Å². The van der Waals surface area contributed by atoms with Crippen molar-refractivity contribution in [3.63, 3.8) is 0 Å². The molecule has 0 bridgehead atoms. The molecule has 0 atom stereocenters. The zero-order valence-electron chi connectivity index (χ0n) is 10.2. The van der Waals surface area contributed by atoms with Crippen LogP contribution in [0.5, 0.6) is 0 Å². The topological polar surface area (TPSA) is 46.0 Å². The lowest BCUT2D eigenvalue weighted by Gasteiger charge is -2.42. The fourth-order valence-electron chi connectivity index (χ4n) is 3.65. The molecule has 0 radical (unpaired) electrons. The predicted molar refractivity (Wildman–Crippen MR) is 65.3 cm³/mol. The Morgan fingerprint density at radius 2 is 1.47 bits per heavy atom. The van der Waals surface area contributed by atoms with Crippen molar-refractivity contribution in [2.75, 3.05) is 0 Å². The Kier molecular flexibility index (Phi) is 2.66. The number of aliphatic hydroxyl groups is 1. The summed E-state index contributed by atoms with van der Waals surface area (Å²) >= 11 is 0. The minimum Gasteiger partial charge on any atom is -0.385 e. The highest BCUT2D eigenvalue weighted by atomic mass is 16.3. The Morgan fingerprint density at radius 3 is 2.06 bits per heavy atom. The van der Waals surface area contributed by atoms with Crippen LogP contribution in [0.1, 0.15) is 56.9 Å². The van der Waals surface area contributed by atoms with Crippen molar-refractivity contribution in [1.82, 2.24) is 9.97 Å². The number of aromatic nitrogens is 2. The van der Waals surface area contributed by atoms with Crippen molar-refractivity contribution in [3.8, 4) is 0 Å². The number of rotatable bonds is 1. The molecule has 0 unspecified atom stereocenters. The van der Waals surface area contributed by atoms with Crippen molar-refractivity contribution in [2.45, 2.75) is 57.0 Å². The minimum atomic E-state index is -0.672. The Bertz CT molecular complexity index is 374. The van der Waals surface area contributed by atoms with Crippen LogP contribution >= 0.6 is 0 Å². The van der Waals surface area contributed by atoms with Gasteiger partial charge in [0.2, 0.25) is 0 Å². The minimum absolute atomic E-state index is 0.557. The molecule has 0 aromatic carbocycles. The van der Waals surface area contributed by atoms with Gasteiger partial charge in [0, 0.05) is 18.0 Å². The van der Waals surface area contributed by atoms with Crippen LogP contribution < -0.4 is 0 Å². The maximum Gasteiger partial charge on any atom is 0.115 e. The molecule has 0 saturated heterocycles. The summed E-state index contributed by atoms with van der Waals surface area (Å²) in [6, 6.07) is 0. The third kappa shape index (κ3) is 1.97. The van der Waals surface area contributed by atoms with Gasteiger partial charge in [-0.1, -0.05) is 12.8 Å². The Hall–Kier alpha value is -0.960. The van der Waals surface area contributed by atoms with Gasteiger partial charge in [-0.2, -0.15) is 0 Å². The average molecular weight is 232 g/mol. The van der Waals surface area contributed by atoms with Gasteiger partial charge in [-0.3, -0.25) is 0 Å². The van der Waals surface area contributed by atoms with E-state index in [1.54, 1.807) is 12.4 Å². The van der Waals surface area contributed by atoms with Crippen LogP contribution in [0.15, 0.2) is 18.7 Å². The summed E-state index contributed by atoms with van der Waals surface area (Å²) in [5.41, 5.74) is 0.782. The van der Waals surface area contributed by atoms with Gasteiger partial charge in [0.05, 0.1) is 5.60 Å². The maximum atomic E-state index is 10.7. The van der Waals surface area contributed by atoms with Gasteiger partial charge in [0.25, 0.3) is 0 Å². The van der Waals surface area contributed by atoms with Crippen molar-refractivity contribution < 1.29 is 5.11 Å². The largest absolute Gasteiger partial charge is 0.385 e. The molecule has 2 fully saturated rings. The zero-order chi connectivity index (χ0) is 11.8.